The first kappa shape index (κ1) is 36.6. The van der Waals surface area contributed by atoms with E-state index in [-0.39, 0.29) is 37.4 Å². The van der Waals surface area contributed by atoms with E-state index < -0.39 is 53.6 Å². The molecule has 282 valence electrons. The van der Waals surface area contributed by atoms with Gasteiger partial charge in [0.1, 0.15) is 18.6 Å². The second-order valence-electron chi connectivity index (χ2n) is 14.4. The summed E-state index contributed by atoms with van der Waals surface area (Å²) in [5.74, 6) is -0.0737. The number of piperazine rings is 1. The molecule has 2 N–H and O–H groups in total. The number of benzene rings is 2. The standard InChI is InChI=1S/C38H48N2O11S/c1-7-8-9-10-11-12-25(42)51-24-16-52-36-28-27(35-34(48-17-49-35)19(3)33(28)50-20(4)41)23(15-47-38(24)45)40-30(36)29-26-21(14-22(37(40)44)39(29)5)13-18(2)32(46-6)31(26)43/h13,22-24,29-30,36-37,43-44H,7-12,14-17H2,1-6H3/t22-,23-,24-,29+,30?,36+,37-/m0/s1. The molecule has 6 aliphatic rings. The number of aliphatic hydroxyl groups is 1. The van der Waals surface area contributed by atoms with Gasteiger partial charge in [-0.3, -0.25) is 19.4 Å². The van der Waals surface area contributed by atoms with Crippen molar-refractivity contribution in [2.45, 2.75) is 114 Å². The topological polar surface area (TPSA) is 154 Å². The minimum atomic E-state index is -1.19. The van der Waals surface area contributed by atoms with Crippen molar-refractivity contribution in [3.8, 4) is 28.7 Å². The van der Waals surface area contributed by atoms with Gasteiger partial charge in [0.2, 0.25) is 12.9 Å². The van der Waals surface area contributed by atoms with E-state index in [9.17, 15) is 24.6 Å². The summed E-state index contributed by atoms with van der Waals surface area (Å²) in [6, 6.07) is -0.228. The number of carbonyl (C=O) groups excluding carboxylic acids is 3. The molecule has 4 bridgehead atoms. The van der Waals surface area contributed by atoms with Crippen molar-refractivity contribution < 1.29 is 53.0 Å². The minimum Gasteiger partial charge on any atom is -0.504 e. The molecule has 8 rings (SSSR count). The number of methoxy groups -OCH3 is 1. The van der Waals surface area contributed by atoms with E-state index in [0.717, 1.165) is 36.8 Å². The first-order valence-electron chi connectivity index (χ1n) is 18.2. The number of aliphatic hydroxyl groups excluding tert-OH is 1. The molecule has 52 heavy (non-hydrogen) atoms. The number of esters is 3. The van der Waals surface area contributed by atoms with E-state index in [4.69, 9.17) is 28.4 Å². The highest BCUT2D eigenvalue weighted by Crippen LogP contribution is 2.64. The van der Waals surface area contributed by atoms with Crippen molar-refractivity contribution in [1.82, 2.24) is 9.80 Å². The minimum absolute atomic E-state index is 0.0263. The molecular formula is C38H48N2O11S. The fraction of sp³-hybridized carbons (Fsp3) is 0.605. The van der Waals surface area contributed by atoms with Crippen molar-refractivity contribution >= 4 is 29.7 Å². The molecule has 0 spiro atoms. The number of hydrogen-bond donors (Lipinski definition) is 2. The number of nitrogens with zero attached hydrogens (tertiary/aromatic N) is 2. The first-order valence-corrected chi connectivity index (χ1v) is 19.2. The maximum atomic E-state index is 13.7. The molecule has 0 saturated carbocycles. The van der Waals surface area contributed by atoms with Gasteiger partial charge in [-0.2, -0.15) is 0 Å². The predicted molar refractivity (Wildman–Crippen MR) is 190 cm³/mol. The van der Waals surface area contributed by atoms with Crippen LogP contribution in [0.2, 0.25) is 0 Å². The molecule has 2 aromatic rings. The van der Waals surface area contributed by atoms with Crippen molar-refractivity contribution in [3.63, 3.8) is 0 Å². The van der Waals surface area contributed by atoms with Crippen LogP contribution in [0.15, 0.2) is 6.07 Å². The van der Waals surface area contributed by atoms with Crippen molar-refractivity contribution in [2.24, 2.45) is 0 Å². The highest BCUT2D eigenvalue weighted by molar-refractivity contribution is 7.99. The van der Waals surface area contributed by atoms with Gasteiger partial charge in [0.25, 0.3) is 0 Å². The summed E-state index contributed by atoms with van der Waals surface area (Å²) in [5, 5.41) is 23.6. The number of unbranched alkanes of at least 4 members (excludes halogenated alkanes) is 4. The number of likely N-dealkylation sites (N-methyl/N-ethyl adjacent to an activating group) is 1. The quantitative estimate of drug-likeness (QED) is 0.203. The average Bonchev–Trinajstić information content (AvgIpc) is 3.60. The van der Waals surface area contributed by atoms with Gasteiger partial charge in [-0.15, -0.1) is 11.8 Å². The van der Waals surface area contributed by atoms with Crippen molar-refractivity contribution in [1.29, 1.82) is 0 Å². The van der Waals surface area contributed by atoms with Gasteiger partial charge in [0, 0.05) is 47.4 Å². The monoisotopic (exact) mass is 740 g/mol. The van der Waals surface area contributed by atoms with Crippen LogP contribution >= 0.6 is 11.8 Å². The summed E-state index contributed by atoms with van der Waals surface area (Å²) in [7, 11) is 3.46. The van der Waals surface area contributed by atoms with Gasteiger partial charge in [0.15, 0.2) is 23.0 Å². The number of rotatable bonds is 9. The molecule has 2 aromatic carbocycles. The molecule has 14 heteroatoms. The van der Waals surface area contributed by atoms with Crippen LogP contribution in [0.4, 0.5) is 0 Å². The van der Waals surface area contributed by atoms with Crippen molar-refractivity contribution in [2.75, 3.05) is 33.3 Å². The highest BCUT2D eigenvalue weighted by atomic mass is 32.2. The number of aryl methyl sites for hydroxylation is 1. The number of carbonyl (C=O) groups is 3. The molecule has 2 fully saturated rings. The van der Waals surface area contributed by atoms with E-state index in [1.165, 1.54) is 25.8 Å². The Bertz CT molecular complexity index is 1770. The fourth-order valence-electron chi connectivity index (χ4n) is 8.93. The molecule has 7 atom stereocenters. The second-order valence-corrected chi connectivity index (χ2v) is 15.5. The smallest absolute Gasteiger partial charge is 0.348 e. The van der Waals surface area contributed by atoms with Crippen LogP contribution in [0.1, 0.15) is 103 Å². The van der Waals surface area contributed by atoms with Gasteiger partial charge in [-0.05, 0) is 44.9 Å². The molecule has 13 nitrogen and oxygen atoms in total. The molecular weight excluding hydrogens is 692 g/mol. The summed E-state index contributed by atoms with van der Waals surface area (Å²) < 4.78 is 35.5. The van der Waals surface area contributed by atoms with Crippen LogP contribution in [0.25, 0.3) is 0 Å². The number of phenols is 1. The number of thioether (sulfide) groups is 1. The van der Waals surface area contributed by atoms with Gasteiger partial charge < -0.3 is 38.6 Å². The van der Waals surface area contributed by atoms with E-state index in [0.29, 0.717) is 58.1 Å². The Morgan fingerprint density at radius 2 is 1.79 bits per heavy atom. The third kappa shape index (κ3) is 6.05. The molecule has 0 amide bonds. The Morgan fingerprint density at radius 3 is 2.52 bits per heavy atom. The predicted octanol–water partition coefficient (Wildman–Crippen LogP) is 4.93. The zero-order chi connectivity index (χ0) is 37.0. The van der Waals surface area contributed by atoms with Crippen LogP contribution in [-0.2, 0) is 30.3 Å². The van der Waals surface area contributed by atoms with Gasteiger partial charge >= 0.3 is 17.9 Å². The summed E-state index contributed by atoms with van der Waals surface area (Å²) in [4.78, 5) is 43.5. The lowest BCUT2D eigenvalue weighted by atomic mass is 9.73. The number of phenolic OH excluding ortho intramolecular Hbond substituents is 1. The van der Waals surface area contributed by atoms with E-state index in [1.54, 1.807) is 6.92 Å². The Kier molecular flexibility index (Phi) is 10.3. The maximum absolute atomic E-state index is 13.7. The van der Waals surface area contributed by atoms with E-state index >= 15 is 0 Å². The Labute approximate surface area is 307 Å². The third-order valence-corrected chi connectivity index (χ3v) is 12.6. The number of fused-ring (bicyclic) bond motifs is 10. The summed E-state index contributed by atoms with van der Waals surface area (Å²) in [5.41, 5.74) is 4.19. The second kappa shape index (κ2) is 14.6. The summed E-state index contributed by atoms with van der Waals surface area (Å²) in [6.07, 6.45) is 3.19. The Morgan fingerprint density at radius 1 is 1.04 bits per heavy atom. The molecule has 1 unspecified atom stereocenters. The number of hydrogen-bond acceptors (Lipinski definition) is 14. The lowest BCUT2D eigenvalue weighted by Crippen LogP contribution is -2.69. The van der Waals surface area contributed by atoms with Crippen LogP contribution < -0.4 is 18.9 Å². The fourth-order valence-corrected chi connectivity index (χ4v) is 10.4. The molecule has 2 saturated heterocycles. The number of ether oxygens (including phenoxy) is 6. The van der Waals surface area contributed by atoms with Crippen LogP contribution in [0, 0.1) is 13.8 Å². The van der Waals surface area contributed by atoms with Gasteiger partial charge in [-0.25, -0.2) is 4.79 Å². The van der Waals surface area contributed by atoms with E-state index in [1.807, 2.05) is 24.9 Å². The molecule has 6 heterocycles. The third-order valence-electron chi connectivity index (χ3n) is 11.2. The highest BCUT2D eigenvalue weighted by Gasteiger charge is 2.60. The van der Waals surface area contributed by atoms with E-state index in [2.05, 4.69) is 11.8 Å². The molecule has 6 aliphatic heterocycles. The zero-order valence-corrected chi connectivity index (χ0v) is 31.4. The normalized spacial score (nSPS) is 27.6. The Hall–Kier alpha value is -3.72. The van der Waals surface area contributed by atoms with Crippen LogP contribution in [-0.4, -0.2) is 95.6 Å². The maximum Gasteiger partial charge on any atom is 0.348 e. The zero-order valence-electron chi connectivity index (χ0n) is 30.6. The lowest BCUT2D eigenvalue weighted by molar-refractivity contribution is -0.188. The summed E-state index contributed by atoms with van der Waals surface area (Å²) in [6.45, 7) is 6.86. The molecule has 0 aromatic heterocycles. The Balaban J connectivity index is 1.38. The molecule has 0 radical (unpaired) electrons. The van der Waals surface area contributed by atoms with Crippen LogP contribution in [0.3, 0.4) is 0 Å². The van der Waals surface area contributed by atoms with Gasteiger partial charge in [-0.1, -0.05) is 38.7 Å². The number of aromatic hydroxyl groups is 1. The SMILES string of the molecule is CCCCCCCC(=O)O[C@H]1CS[C@@H]2c3c(OC(C)=O)c(C)c4c(c3[C@H](COC1=O)N1C2[C@H]2c3c(cc(C)c(OC)c3O)C[C@@H]([C@@H]1O)N2C)OCO4. The average molecular weight is 741 g/mol. The molecule has 0 aliphatic carbocycles. The van der Waals surface area contributed by atoms with Crippen LogP contribution in [0.5, 0.6) is 28.7 Å². The lowest BCUT2D eigenvalue weighted by Gasteiger charge is -2.62. The first-order chi connectivity index (χ1) is 25.0. The van der Waals surface area contributed by atoms with Gasteiger partial charge in [0.05, 0.1) is 30.5 Å². The summed E-state index contributed by atoms with van der Waals surface area (Å²) >= 11 is 1.35. The largest absolute Gasteiger partial charge is 0.504 e. The van der Waals surface area contributed by atoms with Crippen molar-refractivity contribution in [3.05, 3.63) is 39.4 Å².